The zero-order valence-corrected chi connectivity index (χ0v) is 11.9. The lowest BCUT2D eigenvalue weighted by molar-refractivity contribution is 0.512. The minimum absolute atomic E-state index is 0.547. The largest absolute Gasteiger partial charge is 0.337 e. The van der Waals surface area contributed by atoms with E-state index >= 15 is 0 Å². The molecule has 1 N–H and O–H groups in total. The summed E-state index contributed by atoms with van der Waals surface area (Å²) in [5, 5.41) is 3.58. The van der Waals surface area contributed by atoms with E-state index in [0.717, 1.165) is 25.9 Å². The molecule has 0 fully saturated rings. The van der Waals surface area contributed by atoms with Crippen LogP contribution in [-0.2, 0) is 13.0 Å². The van der Waals surface area contributed by atoms with Crippen molar-refractivity contribution in [3.05, 3.63) is 40.6 Å². The highest BCUT2D eigenvalue weighted by molar-refractivity contribution is 7.11. The summed E-state index contributed by atoms with van der Waals surface area (Å²) >= 11 is 1.90. The molecule has 1 unspecified atom stereocenters. The molecule has 0 aromatic carbocycles. The summed E-state index contributed by atoms with van der Waals surface area (Å²) in [6.45, 7) is 6.52. The third-order valence-corrected chi connectivity index (χ3v) is 3.97. The molecule has 0 saturated carbocycles. The maximum atomic E-state index is 4.04. The number of nitrogens with one attached hydrogen (secondary N) is 1. The molecule has 0 spiro atoms. The Hall–Kier alpha value is -1.13. The molecule has 4 heteroatoms. The Kier molecular flexibility index (Phi) is 4.96. The molecule has 3 nitrogen and oxygen atoms in total. The molecular weight excluding hydrogens is 242 g/mol. The zero-order chi connectivity index (χ0) is 12.8. The fourth-order valence-corrected chi connectivity index (χ4v) is 3.02. The minimum Gasteiger partial charge on any atom is -0.337 e. The van der Waals surface area contributed by atoms with E-state index in [-0.39, 0.29) is 0 Å². The second-order valence-electron chi connectivity index (χ2n) is 4.73. The molecule has 2 rings (SSSR count). The molecule has 0 aliphatic carbocycles. The molecular formula is C14H21N3S. The highest BCUT2D eigenvalue weighted by atomic mass is 32.1. The molecule has 0 aliphatic rings. The molecule has 0 bridgehead atoms. The van der Waals surface area contributed by atoms with Crippen LogP contribution >= 0.6 is 11.3 Å². The first-order chi connectivity index (χ1) is 8.74. The van der Waals surface area contributed by atoms with Gasteiger partial charge in [0.05, 0.1) is 6.33 Å². The van der Waals surface area contributed by atoms with E-state index in [1.54, 1.807) is 0 Å². The summed E-state index contributed by atoms with van der Waals surface area (Å²) in [5.41, 5.74) is 0. The third-order valence-electron chi connectivity index (χ3n) is 2.95. The van der Waals surface area contributed by atoms with Crippen LogP contribution in [0, 0.1) is 6.92 Å². The normalized spacial score (nSPS) is 12.8. The maximum Gasteiger partial charge on any atom is 0.0945 e. The van der Waals surface area contributed by atoms with Crippen molar-refractivity contribution in [2.75, 3.05) is 6.54 Å². The highest BCUT2D eigenvalue weighted by Crippen LogP contribution is 2.16. The van der Waals surface area contributed by atoms with Gasteiger partial charge in [-0.2, -0.15) is 0 Å². The topological polar surface area (TPSA) is 29.9 Å². The number of thiophene rings is 1. The smallest absolute Gasteiger partial charge is 0.0945 e. The zero-order valence-electron chi connectivity index (χ0n) is 11.1. The average molecular weight is 263 g/mol. The first-order valence-electron chi connectivity index (χ1n) is 6.48. The lowest BCUT2D eigenvalue weighted by atomic mass is 10.2. The lowest BCUT2D eigenvalue weighted by Crippen LogP contribution is -2.29. The number of nitrogens with zero attached hydrogens (tertiary/aromatic N) is 2. The van der Waals surface area contributed by atoms with Crippen molar-refractivity contribution in [3.8, 4) is 0 Å². The quantitative estimate of drug-likeness (QED) is 0.779. The van der Waals surface area contributed by atoms with Crippen molar-refractivity contribution in [2.24, 2.45) is 0 Å². The lowest BCUT2D eigenvalue weighted by Gasteiger charge is -2.12. The molecule has 18 heavy (non-hydrogen) atoms. The summed E-state index contributed by atoms with van der Waals surface area (Å²) in [7, 11) is 0. The van der Waals surface area contributed by atoms with Crippen LogP contribution in [0.1, 0.15) is 23.1 Å². The van der Waals surface area contributed by atoms with Gasteiger partial charge in [-0.3, -0.25) is 0 Å². The van der Waals surface area contributed by atoms with Crippen LogP contribution in [0.15, 0.2) is 30.9 Å². The van der Waals surface area contributed by atoms with Gasteiger partial charge in [-0.05, 0) is 45.4 Å². The van der Waals surface area contributed by atoms with E-state index in [0.29, 0.717) is 6.04 Å². The number of imidazole rings is 1. The van der Waals surface area contributed by atoms with Crippen molar-refractivity contribution in [1.82, 2.24) is 14.9 Å². The molecule has 2 aromatic rings. The predicted octanol–water partition coefficient (Wildman–Crippen LogP) is 2.86. The number of hydrogen-bond acceptors (Lipinski definition) is 3. The molecule has 0 saturated heterocycles. The van der Waals surface area contributed by atoms with E-state index in [4.69, 9.17) is 0 Å². The van der Waals surface area contributed by atoms with Crippen LogP contribution in [0.4, 0.5) is 0 Å². The number of aromatic nitrogens is 2. The second-order valence-corrected chi connectivity index (χ2v) is 6.10. The van der Waals surface area contributed by atoms with Gasteiger partial charge in [-0.15, -0.1) is 11.3 Å². The Labute approximate surface area is 113 Å². The molecule has 0 radical (unpaired) electrons. The number of hydrogen-bond donors (Lipinski definition) is 1. The molecule has 98 valence electrons. The summed E-state index contributed by atoms with van der Waals surface area (Å²) in [6, 6.07) is 4.99. The minimum atomic E-state index is 0.547. The van der Waals surface area contributed by atoms with Gasteiger partial charge in [-0.25, -0.2) is 4.98 Å². The Morgan fingerprint density at radius 3 is 3.00 bits per heavy atom. The Morgan fingerprint density at radius 1 is 1.44 bits per heavy atom. The summed E-state index contributed by atoms with van der Waals surface area (Å²) < 4.78 is 2.12. The Balaban J connectivity index is 1.61. The molecule has 2 heterocycles. The molecule has 1 atom stereocenters. The van der Waals surface area contributed by atoms with Gasteiger partial charge in [0.15, 0.2) is 0 Å². The SMILES string of the molecule is Cc1ccc(CC(C)NCCCn2ccnc2)s1. The van der Waals surface area contributed by atoms with Gasteiger partial charge < -0.3 is 9.88 Å². The van der Waals surface area contributed by atoms with E-state index < -0.39 is 0 Å². The van der Waals surface area contributed by atoms with Crippen molar-refractivity contribution < 1.29 is 0 Å². The van der Waals surface area contributed by atoms with E-state index in [1.807, 2.05) is 30.1 Å². The van der Waals surface area contributed by atoms with Crippen LogP contribution in [0.2, 0.25) is 0 Å². The van der Waals surface area contributed by atoms with Gasteiger partial charge in [0.2, 0.25) is 0 Å². The summed E-state index contributed by atoms with van der Waals surface area (Å²) in [5.74, 6) is 0. The Morgan fingerprint density at radius 2 is 2.33 bits per heavy atom. The fraction of sp³-hybridized carbons (Fsp3) is 0.500. The van der Waals surface area contributed by atoms with Gasteiger partial charge in [0.1, 0.15) is 0 Å². The molecule has 0 amide bonds. The highest BCUT2D eigenvalue weighted by Gasteiger charge is 2.04. The predicted molar refractivity (Wildman–Crippen MR) is 77.1 cm³/mol. The van der Waals surface area contributed by atoms with Gasteiger partial charge in [0.25, 0.3) is 0 Å². The van der Waals surface area contributed by atoms with Crippen molar-refractivity contribution in [2.45, 2.75) is 39.3 Å². The van der Waals surface area contributed by atoms with E-state index in [1.165, 1.54) is 9.75 Å². The van der Waals surface area contributed by atoms with Crippen molar-refractivity contribution in [3.63, 3.8) is 0 Å². The third kappa shape index (κ3) is 4.27. The second kappa shape index (κ2) is 6.71. The van der Waals surface area contributed by atoms with Crippen molar-refractivity contribution in [1.29, 1.82) is 0 Å². The number of rotatable bonds is 7. The van der Waals surface area contributed by atoms with Crippen LogP contribution in [0.5, 0.6) is 0 Å². The van der Waals surface area contributed by atoms with E-state index in [2.05, 4.69) is 40.8 Å². The first-order valence-corrected chi connectivity index (χ1v) is 7.30. The first kappa shape index (κ1) is 13.3. The van der Waals surface area contributed by atoms with Crippen molar-refractivity contribution >= 4 is 11.3 Å². The van der Waals surface area contributed by atoms with Gasteiger partial charge in [-0.1, -0.05) is 0 Å². The van der Waals surface area contributed by atoms with Crippen LogP contribution in [0.25, 0.3) is 0 Å². The van der Waals surface area contributed by atoms with Crippen LogP contribution in [-0.4, -0.2) is 22.1 Å². The summed E-state index contributed by atoms with van der Waals surface area (Å²) in [4.78, 5) is 6.91. The standard InChI is InChI=1S/C14H21N3S/c1-12(10-14-5-4-13(2)18-14)16-6-3-8-17-9-7-15-11-17/h4-5,7,9,11-12,16H,3,6,8,10H2,1-2H3. The fourth-order valence-electron chi connectivity index (χ4n) is 2.00. The molecule has 2 aromatic heterocycles. The van der Waals surface area contributed by atoms with Crippen LogP contribution < -0.4 is 5.32 Å². The maximum absolute atomic E-state index is 4.04. The Bertz CT molecular complexity index is 447. The van der Waals surface area contributed by atoms with Gasteiger partial charge >= 0.3 is 0 Å². The van der Waals surface area contributed by atoms with E-state index in [9.17, 15) is 0 Å². The van der Waals surface area contributed by atoms with Crippen LogP contribution in [0.3, 0.4) is 0 Å². The van der Waals surface area contributed by atoms with Gasteiger partial charge in [0, 0.05) is 34.7 Å². The monoisotopic (exact) mass is 263 g/mol. The molecule has 0 aliphatic heterocycles. The number of aryl methyl sites for hydroxylation is 2. The average Bonchev–Trinajstić information content (AvgIpc) is 2.96. The summed E-state index contributed by atoms with van der Waals surface area (Å²) in [6.07, 6.45) is 7.98.